The number of para-hydroxylation sites is 1. The summed E-state index contributed by atoms with van der Waals surface area (Å²) < 4.78 is 16.3. The lowest BCUT2D eigenvalue weighted by Gasteiger charge is -2.26. The van der Waals surface area contributed by atoms with Gasteiger partial charge in [-0.15, -0.1) is 0 Å². The predicted molar refractivity (Wildman–Crippen MR) is 121 cm³/mol. The van der Waals surface area contributed by atoms with Gasteiger partial charge >= 0.3 is 0 Å². The second-order valence-electron chi connectivity index (χ2n) is 7.29. The van der Waals surface area contributed by atoms with Crippen LogP contribution in [-0.4, -0.2) is 62.6 Å². The van der Waals surface area contributed by atoms with Crippen LogP contribution in [0, 0.1) is 0 Å². The van der Waals surface area contributed by atoms with Gasteiger partial charge in [-0.1, -0.05) is 29.8 Å². The quantitative estimate of drug-likeness (QED) is 0.511. The summed E-state index contributed by atoms with van der Waals surface area (Å²) in [5.74, 6) is -0.726. The van der Waals surface area contributed by atoms with E-state index >= 15 is 0 Å². The van der Waals surface area contributed by atoms with E-state index < -0.39 is 11.8 Å². The highest BCUT2D eigenvalue weighted by Gasteiger charge is 2.34. The van der Waals surface area contributed by atoms with E-state index in [1.54, 1.807) is 35.2 Å². The predicted octanol–water partition coefficient (Wildman–Crippen LogP) is 2.05. The lowest BCUT2D eigenvalue weighted by atomic mass is 10.1. The number of carbonyl (C=O) groups excluding carboxylic acids is 3. The van der Waals surface area contributed by atoms with E-state index in [0.717, 1.165) is 0 Å². The van der Waals surface area contributed by atoms with E-state index in [9.17, 15) is 14.4 Å². The van der Waals surface area contributed by atoms with Crippen LogP contribution < -0.4 is 19.9 Å². The lowest BCUT2D eigenvalue weighted by Crippen LogP contribution is -2.43. The van der Waals surface area contributed by atoms with Crippen molar-refractivity contribution < 1.29 is 28.6 Å². The summed E-state index contributed by atoms with van der Waals surface area (Å²) in [6.07, 6.45) is 1.43. The van der Waals surface area contributed by atoms with Crippen LogP contribution in [0.3, 0.4) is 0 Å². The van der Waals surface area contributed by atoms with Crippen LogP contribution in [0.1, 0.15) is 5.56 Å². The highest BCUT2D eigenvalue weighted by atomic mass is 35.5. The summed E-state index contributed by atoms with van der Waals surface area (Å²) in [6.45, 7) is 1.80. The highest BCUT2D eigenvalue weighted by molar-refractivity contribution is 6.33. The van der Waals surface area contributed by atoms with Crippen molar-refractivity contribution in [2.45, 2.75) is 0 Å². The van der Waals surface area contributed by atoms with Crippen LogP contribution in [0.4, 0.5) is 5.69 Å². The number of hydrogen-bond acceptors (Lipinski definition) is 6. The van der Waals surface area contributed by atoms with E-state index in [0.29, 0.717) is 37.6 Å². The third kappa shape index (κ3) is 4.94. The summed E-state index contributed by atoms with van der Waals surface area (Å²) in [6, 6.07) is 11.9. The number of benzene rings is 2. The molecule has 3 amide bonds. The van der Waals surface area contributed by atoms with Crippen molar-refractivity contribution >= 4 is 41.1 Å². The number of morpholine rings is 1. The van der Waals surface area contributed by atoms with Gasteiger partial charge in [0.05, 0.1) is 31.0 Å². The Hall–Kier alpha value is -3.56. The molecule has 2 aliphatic heterocycles. The summed E-state index contributed by atoms with van der Waals surface area (Å²) in [4.78, 5) is 39.2. The molecule has 0 bridgehead atoms. The first-order chi connectivity index (χ1) is 16.0. The standard InChI is InChI=1S/C23H22ClN3O6/c1-31-19-13-15(11-17-22(29)25-27(23(17)30)16-5-3-2-4-6-16)12-18(24)21(19)33-14-20(28)26-7-9-32-10-8-26/h2-6,11-13H,7-10,14H2,1H3,(H,25,29)/b17-11-. The molecular weight excluding hydrogens is 450 g/mol. The molecule has 4 rings (SSSR count). The molecule has 0 spiro atoms. The third-order valence-electron chi connectivity index (χ3n) is 5.17. The van der Waals surface area contributed by atoms with Gasteiger partial charge in [0.2, 0.25) is 0 Å². The van der Waals surface area contributed by atoms with E-state index in [4.69, 9.17) is 25.8 Å². The maximum Gasteiger partial charge on any atom is 0.282 e. The zero-order valence-corrected chi connectivity index (χ0v) is 18.6. The van der Waals surface area contributed by atoms with Gasteiger partial charge in [-0.3, -0.25) is 19.8 Å². The van der Waals surface area contributed by atoms with Crippen molar-refractivity contribution in [3.63, 3.8) is 0 Å². The molecule has 2 aliphatic rings. The van der Waals surface area contributed by atoms with Gasteiger partial charge in [-0.05, 0) is 35.9 Å². The van der Waals surface area contributed by atoms with Crippen molar-refractivity contribution in [1.82, 2.24) is 10.3 Å². The van der Waals surface area contributed by atoms with Crippen LogP contribution >= 0.6 is 11.6 Å². The van der Waals surface area contributed by atoms with Gasteiger partial charge in [0.25, 0.3) is 17.7 Å². The molecule has 2 heterocycles. The van der Waals surface area contributed by atoms with Gasteiger partial charge in [-0.25, -0.2) is 5.01 Å². The molecule has 0 unspecified atom stereocenters. The van der Waals surface area contributed by atoms with Gasteiger partial charge in [0.15, 0.2) is 18.1 Å². The Balaban J connectivity index is 1.52. The minimum atomic E-state index is -0.532. The Morgan fingerprint density at radius 2 is 1.91 bits per heavy atom. The molecule has 0 saturated carbocycles. The number of hydrazine groups is 1. The zero-order chi connectivity index (χ0) is 23.4. The molecule has 0 aliphatic carbocycles. The normalized spacial score (nSPS) is 17.3. The minimum Gasteiger partial charge on any atom is -0.493 e. The largest absolute Gasteiger partial charge is 0.493 e. The summed E-state index contributed by atoms with van der Waals surface area (Å²) in [5.41, 5.74) is 3.51. The molecule has 9 nitrogen and oxygen atoms in total. The number of carbonyl (C=O) groups is 3. The van der Waals surface area contributed by atoms with Crippen LogP contribution in [0.15, 0.2) is 48.0 Å². The Bertz CT molecular complexity index is 1100. The van der Waals surface area contributed by atoms with Gasteiger partial charge in [-0.2, -0.15) is 0 Å². The fourth-order valence-corrected chi connectivity index (χ4v) is 3.76. The zero-order valence-electron chi connectivity index (χ0n) is 17.9. The minimum absolute atomic E-state index is 0.0480. The Morgan fingerprint density at radius 1 is 1.18 bits per heavy atom. The third-order valence-corrected chi connectivity index (χ3v) is 5.45. The average molecular weight is 472 g/mol. The topological polar surface area (TPSA) is 97.4 Å². The lowest BCUT2D eigenvalue weighted by molar-refractivity contribution is -0.137. The maximum atomic E-state index is 12.8. The fourth-order valence-electron chi connectivity index (χ4n) is 3.48. The molecular formula is C23H22ClN3O6. The molecule has 0 aromatic heterocycles. The molecule has 0 atom stereocenters. The first-order valence-electron chi connectivity index (χ1n) is 10.3. The first-order valence-corrected chi connectivity index (χ1v) is 10.6. The molecule has 2 fully saturated rings. The number of nitrogens with zero attached hydrogens (tertiary/aromatic N) is 2. The van der Waals surface area contributed by atoms with E-state index in [-0.39, 0.29) is 34.6 Å². The number of anilines is 1. The number of amides is 3. The number of methoxy groups -OCH3 is 1. The molecule has 172 valence electrons. The average Bonchev–Trinajstić information content (AvgIpc) is 3.12. The molecule has 1 N–H and O–H groups in total. The maximum absolute atomic E-state index is 12.8. The molecule has 0 radical (unpaired) electrons. The van der Waals surface area contributed by atoms with Crippen molar-refractivity contribution in [2.75, 3.05) is 45.0 Å². The Morgan fingerprint density at radius 3 is 2.61 bits per heavy atom. The summed E-state index contributed by atoms with van der Waals surface area (Å²) >= 11 is 6.39. The molecule has 10 heteroatoms. The molecule has 2 saturated heterocycles. The Labute approximate surface area is 195 Å². The molecule has 33 heavy (non-hydrogen) atoms. The number of rotatable bonds is 6. The highest BCUT2D eigenvalue weighted by Crippen LogP contribution is 2.37. The fraction of sp³-hybridized carbons (Fsp3) is 0.261. The number of halogens is 1. The first kappa shape index (κ1) is 22.6. The second kappa shape index (κ2) is 9.93. The van der Waals surface area contributed by atoms with Crippen molar-refractivity contribution in [3.05, 3.63) is 58.6 Å². The van der Waals surface area contributed by atoms with Gasteiger partial charge < -0.3 is 19.1 Å². The SMILES string of the molecule is COc1cc(/C=C2/C(=O)NN(c3ccccc3)C2=O)cc(Cl)c1OCC(=O)N1CCOCC1. The van der Waals surface area contributed by atoms with Gasteiger partial charge in [0.1, 0.15) is 5.57 Å². The van der Waals surface area contributed by atoms with Crippen molar-refractivity contribution in [3.8, 4) is 11.5 Å². The van der Waals surface area contributed by atoms with Gasteiger partial charge in [0, 0.05) is 13.1 Å². The summed E-state index contributed by atoms with van der Waals surface area (Å²) in [7, 11) is 1.43. The van der Waals surface area contributed by atoms with Crippen LogP contribution in [0.2, 0.25) is 5.02 Å². The summed E-state index contributed by atoms with van der Waals surface area (Å²) in [5, 5.41) is 1.36. The number of ether oxygens (including phenoxy) is 3. The monoisotopic (exact) mass is 471 g/mol. The number of nitrogens with one attached hydrogen (secondary N) is 1. The smallest absolute Gasteiger partial charge is 0.282 e. The van der Waals surface area contributed by atoms with Crippen LogP contribution in [-0.2, 0) is 19.1 Å². The number of hydrogen-bond donors (Lipinski definition) is 1. The van der Waals surface area contributed by atoms with E-state index in [1.807, 2.05) is 6.07 Å². The van der Waals surface area contributed by atoms with Crippen LogP contribution in [0.25, 0.3) is 6.08 Å². The van der Waals surface area contributed by atoms with E-state index in [1.165, 1.54) is 24.3 Å². The van der Waals surface area contributed by atoms with Crippen molar-refractivity contribution in [2.24, 2.45) is 0 Å². The van der Waals surface area contributed by atoms with Crippen molar-refractivity contribution in [1.29, 1.82) is 0 Å². The van der Waals surface area contributed by atoms with E-state index in [2.05, 4.69) is 5.43 Å². The Kier molecular flexibility index (Phi) is 6.81. The molecule has 2 aromatic carbocycles. The van der Waals surface area contributed by atoms with Crippen LogP contribution in [0.5, 0.6) is 11.5 Å². The second-order valence-corrected chi connectivity index (χ2v) is 7.70. The molecule has 2 aromatic rings.